The van der Waals surface area contributed by atoms with Gasteiger partial charge >= 0.3 is 0 Å². The molecule has 0 aliphatic heterocycles. The lowest BCUT2D eigenvalue weighted by Gasteiger charge is -2.11. The zero-order chi connectivity index (χ0) is 14.5. The summed E-state index contributed by atoms with van der Waals surface area (Å²) < 4.78 is 5.39. The number of hydrogen-bond acceptors (Lipinski definition) is 5. The SMILES string of the molecule is CCOc1ccc(NC(=O)c2sccc2N)cc1CO. The molecule has 4 N–H and O–H groups in total. The summed E-state index contributed by atoms with van der Waals surface area (Å²) >= 11 is 1.29. The van der Waals surface area contributed by atoms with E-state index in [1.807, 2.05) is 6.92 Å². The predicted molar refractivity (Wildman–Crippen MR) is 80.2 cm³/mol. The van der Waals surface area contributed by atoms with Gasteiger partial charge in [-0.15, -0.1) is 11.3 Å². The Morgan fingerprint density at radius 1 is 1.45 bits per heavy atom. The maximum Gasteiger partial charge on any atom is 0.267 e. The minimum absolute atomic E-state index is 0.153. The minimum Gasteiger partial charge on any atom is -0.494 e. The van der Waals surface area contributed by atoms with Gasteiger partial charge in [-0.05, 0) is 36.6 Å². The van der Waals surface area contributed by atoms with Gasteiger partial charge < -0.3 is 20.9 Å². The van der Waals surface area contributed by atoms with Crippen molar-refractivity contribution in [1.82, 2.24) is 0 Å². The van der Waals surface area contributed by atoms with Crippen LogP contribution in [-0.2, 0) is 6.61 Å². The quantitative estimate of drug-likeness (QED) is 0.790. The van der Waals surface area contributed by atoms with E-state index in [2.05, 4.69) is 5.32 Å². The Bertz CT molecular complexity index is 610. The first-order valence-corrected chi connectivity index (χ1v) is 7.04. The number of benzene rings is 1. The number of thiophene rings is 1. The highest BCUT2D eigenvalue weighted by molar-refractivity contribution is 7.12. The van der Waals surface area contributed by atoms with Crippen molar-refractivity contribution in [3.63, 3.8) is 0 Å². The number of nitrogen functional groups attached to an aromatic ring is 1. The molecule has 0 bridgehead atoms. The molecule has 0 atom stereocenters. The summed E-state index contributed by atoms with van der Waals surface area (Å²) in [6.07, 6.45) is 0. The summed E-state index contributed by atoms with van der Waals surface area (Å²) in [5.41, 5.74) is 7.38. The van der Waals surface area contributed by atoms with Crippen LogP contribution in [0.3, 0.4) is 0 Å². The van der Waals surface area contributed by atoms with Gasteiger partial charge in [0.2, 0.25) is 0 Å². The number of carbonyl (C=O) groups excluding carboxylic acids is 1. The highest BCUT2D eigenvalue weighted by atomic mass is 32.1. The van der Waals surface area contributed by atoms with Crippen molar-refractivity contribution in [3.8, 4) is 5.75 Å². The molecule has 0 fully saturated rings. The van der Waals surface area contributed by atoms with E-state index in [9.17, 15) is 9.90 Å². The van der Waals surface area contributed by atoms with E-state index < -0.39 is 0 Å². The molecule has 1 aromatic carbocycles. The van der Waals surface area contributed by atoms with E-state index in [0.717, 1.165) is 0 Å². The largest absolute Gasteiger partial charge is 0.494 e. The molecule has 0 unspecified atom stereocenters. The topological polar surface area (TPSA) is 84.6 Å². The van der Waals surface area contributed by atoms with Crippen LogP contribution in [-0.4, -0.2) is 17.6 Å². The first-order chi connectivity index (χ1) is 9.65. The smallest absolute Gasteiger partial charge is 0.267 e. The van der Waals surface area contributed by atoms with Crippen LogP contribution < -0.4 is 15.8 Å². The van der Waals surface area contributed by atoms with E-state index in [-0.39, 0.29) is 12.5 Å². The van der Waals surface area contributed by atoms with Gasteiger partial charge in [-0.2, -0.15) is 0 Å². The number of nitrogens with two attached hydrogens (primary N) is 1. The van der Waals surface area contributed by atoms with Crippen molar-refractivity contribution in [2.24, 2.45) is 0 Å². The van der Waals surface area contributed by atoms with Crippen LogP contribution in [0.25, 0.3) is 0 Å². The molecular weight excluding hydrogens is 276 g/mol. The third-order valence-electron chi connectivity index (χ3n) is 2.69. The summed E-state index contributed by atoms with van der Waals surface area (Å²) in [5, 5.41) is 13.8. The van der Waals surface area contributed by atoms with Crippen molar-refractivity contribution in [3.05, 3.63) is 40.1 Å². The molecule has 0 saturated carbocycles. The van der Waals surface area contributed by atoms with Crippen molar-refractivity contribution in [2.75, 3.05) is 17.7 Å². The second kappa shape index (κ2) is 6.40. The lowest BCUT2D eigenvalue weighted by molar-refractivity contribution is 0.103. The molecule has 20 heavy (non-hydrogen) atoms. The average Bonchev–Trinajstić information content (AvgIpc) is 2.87. The molecule has 1 heterocycles. The molecule has 1 aromatic heterocycles. The Balaban J connectivity index is 2.18. The van der Waals surface area contributed by atoms with Gasteiger partial charge in [0.05, 0.1) is 18.9 Å². The number of ether oxygens (including phenoxy) is 1. The summed E-state index contributed by atoms with van der Waals surface area (Å²) in [4.78, 5) is 12.5. The summed E-state index contributed by atoms with van der Waals surface area (Å²) in [6, 6.07) is 6.83. The van der Waals surface area contributed by atoms with E-state index in [4.69, 9.17) is 10.5 Å². The van der Waals surface area contributed by atoms with Crippen LogP contribution in [0.15, 0.2) is 29.6 Å². The number of aliphatic hydroxyl groups is 1. The van der Waals surface area contributed by atoms with Gasteiger partial charge in [0.25, 0.3) is 5.91 Å². The Morgan fingerprint density at radius 2 is 2.25 bits per heavy atom. The maximum atomic E-state index is 12.0. The summed E-state index contributed by atoms with van der Waals surface area (Å²) in [7, 11) is 0. The third-order valence-corrected chi connectivity index (χ3v) is 3.62. The standard InChI is InChI=1S/C14H16N2O3S/c1-2-19-12-4-3-10(7-9(12)8-17)16-14(18)13-11(15)5-6-20-13/h3-7,17H,2,8,15H2,1H3,(H,16,18). The monoisotopic (exact) mass is 292 g/mol. The van der Waals surface area contributed by atoms with Crippen LogP contribution in [0.2, 0.25) is 0 Å². The lowest BCUT2D eigenvalue weighted by Crippen LogP contribution is -2.12. The second-order valence-corrected chi connectivity index (χ2v) is 4.99. The number of aliphatic hydroxyl groups excluding tert-OH is 1. The van der Waals surface area contributed by atoms with E-state index >= 15 is 0 Å². The summed E-state index contributed by atoms with van der Waals surface area (Å²) in [5.74, 6) is 0.356. The van der Waals surface area contributed by atoms with Crippen LogP contribution in [0.4, 0.5) is 11.4 Å². The molecule has 2 rings (SSSR count). The average molecular weight is 292 g/mol. The number of carbonyl (C=O) groups is 1. The maximum absolute atomic E-state index is 12.0. The molecular formula is C14H16N2O3S. The third kappa shape index (κ3) is 3.09. The van der Waals surface area contributed by atoms with E-state index in [1.54, 1.807) is 29.6 Å². The molecule has 1 amide bonds. The van der Waals surface area contributed by atoms with Gasteiger partial charge in [0.1, 0.15) is 10.6 Å². The fourth-order valence-electron chi connectivity index (χ4n) is 1.77. The molecule has 0 aliphatic rings. The van der Waals surface area contributed by atoms with Crippen LogP contribution >= 0.6 is 11.3 Å². The molecule has 6 heteroatoms. The normalized spacial score (nSPS) is 10.3. The number of hydrogen-bond donors (Lipinski definition) is 3. The fourth-order valence-corrected chi connectivity index (χ4v) is 2.48. The fraction of sp³-hybridized carbons (Fsp3) is 0.214. The van der Waals surface area contributed by atoms with Gasteiger partial charge in [-0.3, -0.25) is 4.79 Å². The summed E-state index contributed by atoms with van der Waals surface area (Å²) in [6.45, 7) is 2.24. The molecule has 0 aliphatic carbocycles. The second-order valence-electron chi connectivity index (χ2n) is 4.07. The van der Waals surface area contributed by atoms with Crippen molar-refractivity contribution < 1.29 is 14.6 Å². The molecule has 0 spiro atoms. The highest BCUT2D eigenvalue weighted by Crippen LogP contribution is 2.25. The van der Waals surface area contributed by atoms with Gasteiger partial charge in [-0.25, -0.2) is 0 Å². The Kier molecular flexibility index (Phi) is 4.60. The number of amides is 1. The van der Waals surface area contributed by atoms with Crippen molar-refractivity contribution in [1.29, 1.82) is 0 Å². The molecule has 0 saturated heterocycles. The van der Waals surface area contributed by atoms with Crippen molar-refractivity contribution in [2.45, 2.75) is 13.5 Å². The lowest BCUT2D eigenvalue weighted by atomic mass is 10.2. The Labute approximate surface area is 121 Å². The van der Waals surface area contributed by atoms with Gasteiger partial charge in [0.15, 0.2) is 0 Å². The first-order valence-electron chi connectivity index (χ1n) is 6.16. The Morgan fingerprint density at radius 3 is 2.85 bits per heavy atom. The van der Waals surface area contributed by atoms with Gasteiger partial charge in [-0.1, -0.05) is 0 Å². The first kappa shape index (κ1) is 14.4. The number of rotatable bonds is 5. The van der Waals surface area contributed by atoms with E-state index in [1.165, 1.54) is 11.3 Å². The molecule has 5 nitrogen and oxygen atoms in total. The zero-order valence-corrected chi connectivity index (χ0v) is 11.9. The molecule has 0 radical (unpaired) electrons. The van der Waals surface area contributed by atoms with Crippen molar-refractivity contribution >= 4 is 28.6 Å². The van der Waals surface area contributed by atoms with E-state index in [0.29, 0.717) is 34.2 Å². The minimum atomic E-state index is -0.259. The Hall–Kier alpha value is -2.05. The highest BCUT2D eigenvalue weighted by Gasteiger charge is 2.12. The molecule has 2 aromatic rings. The van der Waals surface area contributed by atoms with Crippen LogP contribution in [0.5, 0.6) is 5.75 Å². The number of anilines is 2. The molecule has 106 valence electrons. The zero-order valence-electron chi connectivity index (χ0n) is 11.1. The van der Waals surface area contributed by atoms with Crippen LogP contribution in [0, 0.1) is 0 Å². The number of nitrogens with one attached hydrogen (secondary N) is 1. The van der Waals surface area contributed by atoms with Gasteiger partial charge in [0, 0.05) is 11.3 Å². The van der Waals surface area contributed by atoms with Crippen LogP contribution in [0.1, 0.15) is 22.2 Å². The predicted octanol–water partition coefficient (Wildman–Crippen LogP) is 2.47.